The first-order valence-corrected chi connectivity index (χ1v) is 16.9. The highest BCUT2D eigenvalue weighted by molar-refractivity contribution is 7.98. The maximum Gasteiger partial charge on any atom is 0.341 e. The van der Waals surface area contributed by atoms with Crippen molar-refractivity contribution < 1.29 is 22.5 Å². The van der Waals surface area contributed by atoms with Crippen molar-refractivity contribution in [1.29, 1.82) is 0 Å². The minimum atomic E-state index is -1.82. The highest BCUT2D eigenvalue weighted by atomic mass is 35.5. The molecular weight excluding hydrogens is 663 g/mol. The molecular formula is C31H31Cl2F2N5O3S2. The first-order chi connectivity index (χ1) is 21.5. The Hall–Kier alpha value is -3.16. The summed E-state index contributed by atoms with van der Waals surface area (Å²) in [5, 5.41) is 3.03. The molecule has 1 aromatic heterocycles. The molecule has 45 heavy (non-hydrogen) atoms. The van der Waals surface area contributed by atoms with Crippen LogP contribution in [0.15, 0.2) is 70.8 Å². The number of aromatic nitrogens is 2. The smallest absolute Gasteiger partial charge is 0.341 e. The van der Waals surface area contributed by atoms with Crippen LogP contribution in [0.25, 0.3) is 5.69 Å². The van der Waals surface area contributed by atoms with Gasteiger partial charge in [-0.1, -0.05) is 60.9 Å². The number of ether oxygens (including phenoxy) is 1. The van der Waals surface area contributed by atoms with E-state index in [2.05, 4.69) is 15.1 Å². The van der Waals surface area contributed by atoms with E-state index in [0.717, 1.165) is 37.6 Å². The molecule has 3 aromatic carbocycles. The number of rotatable bonds is 10. The maximum atomic E-state index is 15.3. The Morgan fingerprint density at radius 1 is 1.07 bits per heavy atom. The number of hydrazine groups is 1. The van der Waals surface area contributed by atoms with Crippen molar-refractivity contribution >= 4 is 52.0 Å². The van der Waals surface area contributed by atoms with Gasteiger partial charge in [0, 0.05) is 35.3 Å². The van der Waals surface area contributed by atoms with Crippen LogP contribution in [0.3, 0.4) is 0 Å². The summed E-state index contributed by atoms with van der Waals surface area (Å²) in [4.78, 5) is 17.2. The van der Waals surface area contributed by atoms with Gasteiger partial charge in [-0.25, -0.2) is 27.8 Å². The SMILES string of the molecule is COc1cc(C(C)(C)c2cnc(SCc3ccc(S(=O)NC(=O)NN4CCCC4)cc3Cl)n2-c2ccc(F)cc2F)ccc1Cl. The first kappa shape index (κ1) is 33.2. The molecule has 1 fully saturated rings. The number of carbonyl (C=O) groups excluding carboxylic acids is 1. The van der Waals surface area contributed by atoms with Gasteiger partial charge in [0.1, 0.15) is 17.4 Å². The number of nitrogens with zero attached hydrogens (tertiary/aromatic N) is 3. The van der Waals surface area contributed by atoms with E-state index in [9.17, 15) is 13.4 Å². The van der Waals surface area contributed by atoms with Crippen LogP contribution in [-0.4, -0.2) is 45.0 Å². The lowest BCUT2D eigenvalue weighted by Crippen LogP contribution is -2.46. The van der Waals surface area contributed by atoms with Gasteiger partial charge in [0.2, 0.25) is 0 Å². The molecule has 0 aliphatic carbocycles. The minimum absolute atomic E-state index is 0.135. The van der Waals surface area contributed by atoms with Crippen LogP contribution in [0.5, 0.6) is 5.75 Å². The summed E-state index contributed by atoms with van der Waals surface area (Å²) in [7, 11) is -0.289. The van der Waals surface area contributed by atoms with Crippen molar-refractivity contribution in [3.05, 3.63) is 99.3 Å². The molecule has 1 unspecified atom stereocenters. The number of amides is 2. The minimum Gasteiger partial charge on any atom is -0.495 e. The van der Waals surface area contributed by atoms with Crippen LogP contribution in [0.1, 0.15) is 43.5 Å². The Balaban J connectivity index is 1.40. The van der Waals surface area contributed by atoms with Crippen LogP contribution in [-0.2, 0) is 22.2 Å². The molecule has 1 atom stereocenters. The molecule has 0 radical (unpaired) electrons. The van der Waals surface area contributed by atoms with Crippen molar-refractivity contribution in [2.75, 3.05) is 20.2 Å². The zero-order valence-corrected chi connectivity index (χ0v) is 27.8. The van der Waals surface area contributed by atoms with Crippen LogP contribution in [0.4, 0.5) is 13.6 Å². The fraction of sp³-hybridized carbons (Fsp3) is 0.290. The average molecular weight is 695 g/mol. The lowest BCUT2D eigenvalue weighted by molar-refractivity contribution is 0.203. The fourth-order valence-electron chi connectivity index (χ4n) is 5.01. The number of thioether (sulfide) groups is 1. The van der Waals surface area contributed by atoms with Gasteiger partial charge in [0.05, 0.1) is 34.6 Å². The molecule has 238 valence electrons. The van der Waals surface area contributed by atoms with Gasteiger partial charge in [-0.15, -0.1) is 0 Å². The molecule has 5 rings (SSSR count). The van der Waals surface area contributed by atoms with Crippen LogP contribution in [0, 0.1) is 11.6 Å². The third kappa shape index (κ3) is 7.47. The molecule has 0 saturated carbocycles. The van der Waals surface area contributed by atoms with Gasteiger partial charge in [0.15, 0.2) is 16.1 Å². The Labute approximate surface area is 277 Å². The molecule has 2 heterocycles. The number of benzene rings is 3. The summed E-state index contributed by atoms with van der Waals surface area (Å²) in [6.45, 7) is 5.43. The van der Waals surface area contributed by atoms with Gasteiger partial charge in [-0.2, -0.15) is 0 Å². The van der Waals surface area contributed by atoms with Crippen molar-refractivity contribution in [3.63, 3.8) is 0 Å². The van der Waals surface area contributed by atoms with E-state index < -0.39 is 34.1 Å². The summed E-state index contributed by atoms with van der Waals surface area (Å²) in [6.07, 6.45) is 3.65. The Morgan fingerprint density at radius 3 is 2.51 bits per heavy atom. The second kappa shape index (κ2) is 14.1. The number of hydrogen-bond donors (Lipinski definition) is 2. The number of hydrogen-bond acceptors (Lipinski definition) is 6. The molecule has 4 aromatic rings. The largest absolute Gasteiger partial charge is 0.495 e. The zero-order chi connectivity index (χ0) is 32.3. The van der Waals surface area contributed by atoms with Crippen molar-refractivity contribution in [2.45, 2.75) is 47.9 Å². The number of imidazole rings is 1. The number of halogens is 4. The fourth-order valence-corrected chi connectivity index (χ4v) is 7.33. The summed E-state index contributed by atoms with van der Waals surface area (Å²) in [6, 6.07) is 13.2. The van der Waals surface area contributed by atoms with Gasteiger partial charge in [-0.3, -0.25) is 14.7 Å². The van der Waals surface area contributed by atoms with E-state index in [1.165, 1.54) is 37.1 Å². The number of urea groups is 1. The van der Waals surface area contributed by atoms with Gasteiger partial charge < -0.3 is 4.74 Å². The van der Waals surface area contributed by atoms with Crippen molar-refractivity contribution in [1.82, 2.24) is 24.7 Å². The summed E-state index contributed by atoms with van der Waals surface area (Å²) in [5.74, 6) is -0.603. The molecule has 14 heteroatoms. The van der Waals surface area contributed by atoms with Crippen molar-refractivity contribution in [3.8, 4) is 11.4 Å². The lowest BCUT2D eigenvalue weighted by Gasteiger charge is -2.28. The summed E-state index contributed by atoms with van der Waals surface area (Å²) < 4.78 is 51.5. The highest BCUT2D eigenvalue weighted by Gasteiger charge is 2.31. The Morgan fingerprint density at radius 2 is 1.82 bits per heavy atom. The third-order valence-corrected chi connectivity index (χ3v) is 10.3. The van der Waals surface area contributed by atoms with E-state index >= 15 is 4.39 Å². The Kier molecular flexibility index (Phi) is 10.4. The van der Waals surface area contributed by atoms with E-state index in [-0.39, 0.29) is 5.69 Å². The molecule has 2 amide bonds. The topological polar surface area (TPSA) is 88.5 Å². The number of methoxy groups -OCH3 is 1. The molecule has 1 aliphatic rings. The predicted octanol–water partition coefficient (Wildman–Crippen LogP) is 7.42. The van der Waals surface area contributed by atoms with Crippen molar-refractivity contribution in [2.24, 2.45) is 0 Å². The Bertz CT molecular complexity index is 1750. The standard InChI is InChI=1S/C31H31Cl2F2N5O3S2/c1-31(2,20-7-10-23(32)27(14-20)43-3)28-17-36-30(40(28)26-11-8-21(34)15-25(26)35)44-18-19-6-9-22(16-24(19)33)45(42)38-29(41)37-39-12-4-5-13-39/h6-11,14-17H,4-5,12-13,18H2,1-3H3,(H2,37,38,41). The lowest BCUT2D eigenvalue weighted by atomic mass is 9.81. The average Bonchev–Trinajstić information content (AvgIpc) is 3.67. The van der Waals surface area contributed by atoms with Crippen LogP contribution >= 0.6 is 35.0 Å². The van der Waals surface area contributed by atoms with E-state index in [1.54, 1.807) is 34.0 Å². The zero-order valence-electron chi connectivity index (χ0n) is 24.7. The van der Waals surface area contributed by atoms with Crippen LogP contribution < -0.4 is 14.9 Å². The molecule has 0 spiro atoms. The number of carbonyl (C=O) groups is 1. The number of nitrogens with one attached hydrogen (secondary N) is 2. The van der Waals surface area contributed by atoms with Gasteiger partial charge >= 0.3 is 6.03 Å². The van der Waals surface area contributed by atoms with E-state index in [1.807, 2.05) is 26.0 Å². The predicted molar refractivity (Wildman–Crippen MR) is 174 cm³/mol. The molecule has 1 saturated heterocycles. The van der Waals surface area contributed by atoms with Gasteiger partial charge in [0.25, 0.3) is 0 Å². The second-order valence-electron chi connectivity index (χ2n) is 10.9. The molecule has 0 bridgehead atoms. The summed E-state index contributed by atoms with van der Waals surface area (Å²) >= 11 is 14.2. The molecule has 2 N–H and O–H groups in total. The highest BCUT2D eigenvalue weighted by Crippen LogP contribution is 2.40. The first-order valence-electron chi connectivity index (χ1n) is 14.0. The quantitative estimate of drug-likeness (QED) is 0.168. The van der Waals surface area contributed by atoms with Crippen LogP contribution in [0.2, 0.25) is 10.0 Å². The summed E-state index contributed by atoms with van der Waals surface area (Å²) in [5.41, 5.74) is 4.32. The normalized spacial score (nSPS) is 14.4. The maximum absolute atomic E-state index is 15.3. The van der Waals surface area contributed by atoms with E-state index in [0.29, 0.717) is 42.9 Å². The molecule has 1 aliphatic heterocycles. The second-order valence-corrected chi connectivity index (χ2v) is 13.8. The van der Waals surface area contributed by atoms with E-state index in [4.69, 9.17) is 27.9 Å². The third-order valence-electron chi connectivity index (χ3n) is 7.54. The molecule has 8 nitrogen and oxygen atoms in total. The van der Waals surface area contributed by atoms with Gasteiger partial charge in [-0.05, 0) is 60.4 Å². The monoisotopic (exact) mass is 693 g/mol.